The molecule has 0 aliphatic carbocycles. The maximum atomic E-state index is 13.6. The molecule has 0 radical (unpaired) electrons. The maximum absolute atomic E-state index is 13.6. The van der Waals surface area contributed by atoms with Crippen LogP contribution in [0.2, 0.25) is 0 Å². The molecule has 24 heavy (non-hydrogen) atoms. The van der Waals surface area contributed by atoms with Crippen molar-refractivity contribution >= 4 is 0 Å². The lowest BCUT2D eigenvalue weighted by molar-refractivity contribution is 0.0374. The number of halogens is 1. The van der Waals surface area contributed by atoms with Crippen molar-refractivity contribution in [2.45, 2.75) is 19.4 Å². The molecule has 1 saturated heterocycles. The number of hydrogen-bond acceptors (Lipinski definition) is 3. The highest BCUT2D eigenvalue weighted by Gasteiger charge is 2.09. The molecule has 0 amide bonds. The molecule has 0 spiro atoms. The molecule has 0 atom stereocenters. The molecule has 0 aromatic heterocycles. The quantitative estimate of drug-likeness (QED) is 0.774. The predicted octanol–water partition coefficient (Wildman–Crippen LogP) is 3.67. The Morgan fingerprint density at radius 3 is 2.50 bits per heavy atom. The Labute approximate surface area is 143 Å². The number of ether oxygens (including phenoxy) is 2. The van der Waals surface area contributed by atoms with Gasteiger partial charge in [-0.3, -0.25) is 4.90 Å². The molecule has 1 fully saturated rings. The third kappa shape index (κ3) is 5.05. The number of rotatable bonds is 7. The van der Waals surface area contributed by atoms with Crippen LogP contribution in [0.4, 0.5) is 4.39 Å². The van der Waals surface area contributed by atoms with E-state index in [4.69, 9.17) is 9.47 Å². The standard InChI is InChI=1S/C20H24FNO2/c21-20-6-2-1-5-18(20)16-24-19-9-7-17(8-10-19)4-3-11-22-12-14-23-15-13-22/h1-2,5-10H,3-4,11-16H2. The summed E-state index contributed by atoms with van der Waals surface area (Å²) in [5, 5.41) is 0. The lowest BCUT2D eigenvalue weighted by Gasteiger charge is -2.26. The SMILES string of the molecule is Fc1ccccc1COc1ccc(CCCN2CCOCC2)cc1. The molecule has 1 aliphatic rings. The fourth-order valence-corrected chi connectivity index (χ4v) is 2.86. The van der Waals surface area contributed by atoms with Crippen LogP contribution in [0.25, 0.3) is 0 Å². The zero-order chi connectivity index (χ0) is 16.6. The fourth-order valence-electron chi connectivity index (χ4n) is 2.86. The van der Waals surface area contributed by atoms with Crippen molar-refractivity contribution in [3.63, 3.8) is 0 Å². The van der Waals surface area contributed by atoms with Gasteiger partial charge in [-0.15, -0.1) is 0 Å². The summed E-state index contributed by atoms with van der Waals surface area (Å²) in [4.78, 5) is 2.45. The number of hydrogen-bond donors (Lipinski definition) is 0. The molecule has 3 nitrogen and oxygen atoms in total. The van der Waals surface area contributed by atoms with Crippen LogP contribution in [0.5, 0.6) is 5.75 Å². The topological polar surface area (TPSA) is 21.7 Å². The van der Waals surface area contributed by atoms with Crippen LogP contribution < -0.4 is 4.74 Å². The summed E-state index contributed by atoms with van der Waals surface area (Å²) in [5.74, 6) is 0.549. The lowest BCUT2D eigenvalue weighted by atomic mass is 10.1. The first-order valence-corrected chi connectivity index (χ1v) is 8.56. The normalized spacial score (nSPS) is 15.4. The average Bonchev–Trinajstić information content (AvgIpc) is 2.63. The molecule has 2 aromatic rings. The van der Waals surface area contributed by atoms with Crippen LogP contribution in [0, 0.1) is 5.82 Å². The van der Waals surface area contributed by atoms with Crippen LogP contribution in [0.15, 0.2) is 48.5 Å². The zero-order valence-corrected chi connectivity index (χ0v) is 13.9. The van der Waals surface area contributed by atoms with E-state index in [1.165, 1.54) is 11.6 Å². The largest absolute Gasteiger partial charge is 0.489 e. The van der Waals surface area contributed by atoms with Gasteiger partial charge in [0.15, 0.2) is 0 Å². The van der Waals surface area contributed by atoms with Crippen LogP contribution in [0.3, 0.4) is 0 Å². The van der Waals surface area contributed by atoms with E-state index in [1.807, 2.05) is 18.2 Å². The molecule has 0 N–H and O–H groups in total. The van der Waals surface area contributed by atoms with Crippen molar-refractivity contribution in [2.24, 2.45) is 0 Å². The molecule has 128 valence electrons. The predicted molar refractivity (Wildman–Crippen MR) is 92.8 cm³/mol. The Morgan fingerprint density at radius 1 is 1.00 bits per heavy atom. The van der Waals surface area contributed by atoms with Gasteiger partial charge in [-0.05, 0) is 43.1 Å². The number of nitrogens with zero attached hydrogens (tertiary/aromatic N) is 1. The molecule has 0 bridgehead atoms. The van der Waals surface area contributed by atoms with Crippen molar-refractivity contribution in [2.75, 3.05) is 32.8 Å². The minimum atomic E-state index is -0.225. The summed E-state index contributed by atoms with van der Waals surface area (Å²) < 4.78 is 24.6. The van der Waals surface area contributed by atoms with Crippen LogP contribution >= 0.6 is 0 Å². The smallest absolute Gasteiger partial charge is 0.129 e. The second kappa shape index (κ2) is 8.81. The van der Waals surface area contributed by atoms with E-state index in [-0.39, 0.29) is 12.4 Å². The van der Waals surface area contributed by atoms with Crippen molar-refractivity contribution in [3.8, 4) is 5.75 Å². The van der Waals surface area contributed by atoms with E-state index >= 15 is 0 Å². The van der Waals surface area contributed by atoms with Crippen LogP contribution in [-0.4, -0.2) is 37.7 Å². The lowest BCUT2D eigenvalue weighted by Crippen LogP contribution is -2.36. The van der Waals surface area contributed by atoms with E-state index < -0.39 is 0 Å². The zero-order valence-electron chi connectivity index (χ0n) is 13.9. The van der Waals surface area contributed by atoms with Crippen LogP contribution in [-0.2, 0) is 17.8 Å². The Balaban J connectivity index is 1.42. The molecule has 0 saturated carbocycles. The Bertz CT molecular complexity index is 624. The minimum absolute atomic E-state index is 0.225. The van der Waals surface area contributed by atoms with Gasteiger partial charge in [0.25, 0.3) is 0 Å². The second-order valence-corrected chi connectivity index (χ2v) is 6.08. The monoisotopic (exact) mass is 329 g/mol. The summed E-state index contributed by atoms with van der Waals surface area (Å²) >= 11 is 0. The van der Waals surface area contributed by atoms with Crippen molar-refractivity contribution < 1.29 is 13.9 Å². The van der Waals surface area contributed by atoms with Crippen molar-refractivity contribution in [1.82, 2.24) is 4.90 Å². The van der Waals surface area contributed by atoms with E-state index in [2.05, 4.69) is 17.0 Å². The first-order chi connectivity index (χ1) is 11.8. The van der Waals surface area contributed by atoms with Gasteiger partial charge >= 0.3 is 0 Å². The van der Waals surface area contributed by atoms with E-state index in [0.29, 0.717) is 5.56 Å². The minimum Gasteiger partial charge on any atom is -0.489 e. The maximum Gasteiger partial charge on any atom is 0.129 e. The highest BCUT2D eigenvalue weighted by molar-refractivity contribution is 5.28. The molecular formula is C20H24FNO2. The number of aryl methyl sites for hydroxylation is 1. The molecular weight excluding hydrogens is 305 g/mol. The number of morpholine rings is 1. The Morgan fingerprint density at radius 2 is 1.75 bits per heavy atom. The van der Waals surface area contributed by atoms with Crippen molar-refractivity contribution in [3.05, 3.63) is 65.5 Å². The molecule has 1 heterocycles. The van der Waals surface area contributed by atoms with Gasteiger partial charge in [0, 0.05) is 18.7 Å². The molecule has 1 aliphatic heterocycles. The van der Waals surface area contributed by atoms with Gasteiger partial charge < -0.3 is 9.47 Å². The molecule has 0 unspecified atom stereocenters. The summed E-state index contributed by atoms with van der Waals surface area (Å²) in [5.41, 5.74) is 1.88. The Hall–Kier alpha value is -1.91. The van der Waals surface area contributed by atoms with Gasteiger partial charge in [-0.2, -0.15) is 0 Å². The van der Waals surface area contributed by atoms with E-state index in [0.717, 1.165) is 51.4 Å². The van der Waals surface area contributed by atoms with Gasteiger partial charge in [0.1, 0.15) is 18.2 Å². The van der Waals surface area contributed by atoms with Gasteiger partial charge in [0.05, 0.1) is 13.2 Å². The van der Waals surface area contributed by atoms with Gasteiger partial charge in [0.2, 0.25) is 0 Å². The first kappa shape index (κ1) is 16.9. The van der Waals surface area contributed by atoms with Crippen LogP contribution in [0.1, 0.15) is 17.5 Å². The molecule has 4 heteroatoms. The summed E-state index contributed by atoms with van der Waals surface area (Å²) in [6.07, 6.45) is 2.21. The van der Waals surface area contributed by atoms with Gasteiger partial charge in [-0.25, -0.2) is 4.39 Å². The highest BCUT2D eigenvalue weighted by Crippen LogP contribution is 2.16. The summed E-state index contributed by atoms with van der Waals surface area (Å²) in [6.45, 7) is 5.17. The first-order valence-electron chi connectivity index (χ1n) is 8.56. The Kier molecular flexibility index (Phi) is 6.21. The fraction of sp³-hybridized carbons (Fsp3) is 0.400. The third-order valence-electron chi connectivity index (χ3n) is 4.32. The third-order valence-corrected chi connectivity index (χ3v) is 4.32. The second-order valence-electron chi connectivity index (χ2n) is 6.08. The average molecular weight is 329 g/mol. The molecule has 3 rings (SSSR count). The van der Waals surface area contributed by atoms with Crippen molar-refractivity contribution in [1.29, 1.82) is 0 Å². The molecule has 2 aromatic carbocycles. The van der Waals surface area contributed by atoms with E-state index in [1.54, 1.807) is 12.1 Å². The van der Waals surface area contributed by atoms with E-state index in [9.17, 15) is 4.39 Å². The number of benzene rings is 2. The summed E-state index contributed by atoms with van der Waals surface area (Å²) in [6, 6.07) is 14.8. The summed E-state index contributed by atoms with van der Waals surface area (Å²) in [7, 11) is 0. The highest BCUT2D eigenvalue weighted by atomic mass is 19.1. The van der Waals surface area contributed by atoms with Gasteiger partial charge in [-0.1, -0.05) is 30.3 Å².